The van der Waals surface area contributed by atoms with E-state index >= 15 is 0 Å². The molecule has 1 aliphatic heterocycles. The van der Waals surface area contributed by atoms with Crippen LogP contribution in [0.15, 0.2) is 24.3 Å². The number of nitrogens with two attached hydrogens (primary N) is 1. The van der Waals surface area contributed by atoms with Gasteiger partial charge in [-0.1, -0.05) is 19.1 Å². The number of rotatable bonds is 5. The highest BCUT2D eigenvalue weighted by Crippen LogP contribution is 2.30. The van der Waals surface area contributed by atoms with Gasteiger partial charge in [0.15, 0.2) is 0 Å². The molecule has 112 valence electrons. The SMILES string of the molecule is CCC(N)C(c1cccc(F)c1)N1CCCC(CO)C1. The molecule has 0 bridgehead atoms. The molecule has 2 rings (SSSR count). The lowest BCUT2D eigenvalue weighted by atomic mass is 9.91. The van der Waals surface area contributed by atoms with Gasteiger partial charge in [0.25, 0.3) is 0 Å². The summed E-state index contributed by atoms with van der Waals surface area (Å²) in [6.45, 7) is 4.08. The summed E-state index contributed by atoms with van der Waals surface area (Å²) in [5.41, 5.74) is 7.23. The maximum Gasteiger partial charge on any atom is 0.123 e. The summed E-state index contributed by atoms with van der Waals surface area (Å²) < 4.78 is 13.5. The number of nitrogens with zero attached hydrogens (tertiary/aromatic N) is 1. The lowest BCUT2D eigenvalue weighted by molar-refractivity contribution is 0.0762. The van der Waals surface area contributed by atoms with Gasteiger partial charge in [-0.05, 0) is 49.4 Å². The van der Waals surface area contributed by atoms with Crippen molar-refractivity contribution < 1.29 is 9.50 Å². The predicted octanol–water partition coefficient (Wildman–Crippen LogP) is 2.31. The number of halogens is 1. The van der Waals surface area contributed by atoms with Crippen LogP contribution in [0, 0.1) is 11.7 Å². The molecule has 0 amide bonds. The van der Waals surface area contributed by atoms with E-state index in [2.05, 4.69) is 11.8 Å². The quantitative estimate of drug-likeness (QED) is 0.870. The molecule has 4 heteroatoms. The third-order valence-electron chi connectivity index (χ3n) is 4.27. The molecule has 3 unspecified atom stereocenters. The zero-order valence-electron chi connectivity index (χ0n) is 12.1. The number of aliphatic hydroxyl groups is 1. The van der Waals surface area contributed by atoms with E-state index in [9.17, 15) is 9.50 Å². The van der Waals surface area contributed by atoms with Crippen LogP contribution in [0.1, 0.15) is 37.8 Å². The molecule has 3 nitrogen and oxygen atoms in total. The first-order valence-corrected chi connectivity index (χ1v) is 7.51. The lowest BCUT2D eigenvalue weighted by Crippen LogP contribution is -2.46. The summed E-state index contributed by atoms with van der Waals surface area (Å²) in [5.74, 6) is 0.0929. The van der Waals surface area contributed by atoms with E-state index in [0.29, 0.717) is 5.92 Å². The minimum atomic E-state index is -0.216. The molecular weight excluding hydrogens is 255 g/mol. The van der Waals surface area contributed by atoms with Gasteiger partial charge in [-0.2, -0.15) is 0 Å². The Balaban J connectivity index is 2.23. The molecular formula is C16H25FN2O. The standard InChI is InChI=1S/C16H25FN2O/c1-2-15(18)16(13-6-3-7-14(17)9-13)19-8-4-5-12(10-19)11-20/h3,6-7,9,12,15-16,20H,2,4-5,8,10-11,18H2,1H3. The highest BCUT2D eigenvalue weighted by atomic mass is 19.1. The zero-order chi connectivity index (χ0) is 14.5. The van der Waals surface area contributed by atoms with Crippen LogP contribution in [0.3, 0.4) is 0 Å². The Labute approximate surface area is 120 Å². The molecule has 0 aromatic heterocycles. The minimum Gasteiger partial charge on any atom is -0.396 e. The van der Waals surface area contributed by atoms with Crippen LogP contribution in [0.4, 0.5) is 4.39 Å². The zero-order valence-corrected chi connectivity index (χ0v) is 12.1. The number of benzene rings is 1. The Morgan fingerprint density at radius 2 is 2.30 bits per heavy atom. The molecule has 3 atom stereocenters. The van der Waals surface area contributed by atoms with Crippen molar-refractivity contribution in [2.24, 2.45) is 11.7 Å². The van der Waals surface area contributed by atoms with Gasteiger partial charge >= 0.3 is 0 Å². The van der Waals surface area contributed by atoms with Gasteiger partial charge in [0.2, 0.25) is 0 Å². The normalized spacial score (nSPS) is 23.5. The first-order chi connectivity index (χ1) is 9.65. The van der Waals surface area contributed by atoms with Crippen molar-refractivity contribution in [1.82, 2.24) is 4.90 Å². The van der Waals surface area contributed by atoms with E-state index in [1.807, 2.05) is 6.07 Å². The van der Waals surface area contributed by atoms with Gasteiger partial charge in [0, 0.05) is 25.2 Å². The molecule has 1 fully saturated rings. The van der Waals surface area contributed by atoms with Crippen molar-refractivity contribution in [3.8, 4) is 0 Å². The fourth-order valence-corrected chi connectivity index (χ4v) is 3.14. The molecule has 20 heavy (non-hydrogen) atoms. The monoisotopic (exact) mass is 280 g/mol. The Kier molecular flexibility index (Phi) is 5.52. The van der Waals surface area contributed by atoms with Crippen LogP contribution in [-0.4, -0.2) is 35.7 Å². The maximum atomic E-state index is 13.5. The van der Waals surface area contributed by atoms with E-state index in [1.54, 1.807) is 12.1 Å². The third-order valence-corrected chi connectivity index (χ3v) is 4.27. The summed E-state index contributed by atoms with van der Waals surface area (Å²) in [4.78, 5) is 2.31. The Hall–Kier alpha value is -0.970. The third kappa shape index (κ3) is 3.57. The van der Waals surface area contributed by atoms with E-state index in [4.69, 9.17) is 5.73 Å². The second kappa shape index (κ2) is 7.16. The van der Waals surface area contributed by atoms with Crippen LogP contribution in [0.2, 0.25) is 0 Å². The lowest BCUT2D eigenvalue weighted by Gasteiger charge is -2.40. The Bertz CT molecular complexity index is 427. The summed E-state index contributed by atoms with van der Waals surface area (Å²) >= 11 is 0. The molecule has 1 heterocycles. The van der Waals surface area contributed by atoms with Gasteiger partial charge < -0.3 is 10.8 Å². The molecule has 1 aromatic carbocycles. The van der Waals surface area contributed by atoms with E-state index in [-0.39, 0.29) is 24.5 Å². The number of likely N-dealkylation sites (tertiary alicyclic amines) is 1. The minimum absolute atomic E-state index is 0.0192. The van der Waals surface area contributed by atoms with Gasteiger partial charge in [0.1, 0.15) is 5.82 Å². The number of piperidine rings is 1. The smallest absolute Gasteiger partial charge is 0.123 e. The molecule has 0 radical (unpaired) electrons. The van der Waals surface area contributed by atoms with Crippen LogP contribution >= 0.6 is 0 Å². The van der Waals surface area contributed by atoms with E-state index < -0.39 is 0 Å². The van der Waals surface area contributed by atoms with Crippen LogP contribution in [0.5, 0.6) is 0 Å². The van der Waals surface area contributed by atoms with Crippen molar-refractivity contribution >= 4 is 0 Å². The molecule has 0 spiro atoms. The Morgan fingerprint density at radius 1 is 1.50 bits per heavy atom. The van der Waals surface area contributed by atoms with Crippen LogP contribution in [0.25, 0.3) is 0 Å². The molecule has 0 saturated carbocycles. The Morgan fingerprint density at radius 3 is 2.95 bits per heavy atom. The van der Waals surface area contributed by atoms with Gasteiger partial charge in [-0.25, -0.2) is 4.39 Å². The van der Waals surface area contributed by atoms with Gasteiger partial charge in [-0.3, -0.25) is 4.90 Å². The van der Waals surface area contributed by atoms with E-state index in [0.717, 1.165) is 37.9 Å². The fourth-order valence-electron chi connectivity index (χ4n) is 3.14. The molecule has 1 saturated heterocycles. The molecule has 3 N–H and O–H groups in total. The first-order valence-electron chi connectivity index (χ1n) is 7.51. The van der Waals surface area contributed by atoms with Crippen LogP contribution < -0.4 is 5.73 Å². The highest BCUT2D eigenvalue weighted by molar-refractivity contribution is 5.22. The second-order valence-corrected chi connectivity index (χ2v) is 5.76. The molecule has 1 aliphatic rings. The summed E-state index contributed by atoms with van der Waals surface area (Å²) in [7, 11) is 0. The van der Waals surface area contributed by atoms with E-state index in [1.165, 1.54) is 6.07 Å². The van der Waals surface area contributed by atoms with Crippen molar-refractivity contribution in [3.63, 3.8) is 0 Å². The highest BCUT2D eigenvalue weighted by Gasteiger charge is 2.30. The first kappa shape index (κ1) is 15.4. The topological polar surface area (TPSA) is 49.5 Å². The van der Waals surface area contributed by atoms with Crippen LogP contribution in [-0.2, 0) is 0 Å². The number of hydrogen-bond acceptors (Lipinski definition) is 3. The number of aliphatic hydroxyl groups excluding tert-OH is 1. The van der Waals surface area contributed by atoms with Crippen molar-refractivity contribution in [2.75, 3.05) is 19.7 Å². The van der Waals surface area contributed by atoms with Crippen molar-refractivity contribution in [2.45, 2.75) is 38.3 Å². The van der Waals surface area contributed by atoms with Crippen molar-refractivity contribution in [3.05, 3.63) is 35.6 Å². The number of hydrogen-bond donors (Lipinski definition) is 2. The van der Waals surface area contributed by atoms with Gasteiger partial charge in [0.05, 0.1) is 0 Å². The van der Waals surface area contributed by atoms with Gasteiger partial charge in [-0.15, -0.1) is 0 Å². The molecule has 0 aliphatic carbocycles. The average molecular weight is 280 g/mol. The molecule has 1 aromatic rings. The summed E-state index contributed by atoms with van der Waals surface area (Å²) in [5, 5.41) is 9.38. The second-order valence-electron chi connectivity index (χ2n) is 5.76. The predicted molar refractivity (Wildman–Crippen MR) is 78.8 cm³/mol. The van der Waals surface area contributed by atoms with Crippen molar-refractivity contribution in [1.29, 1.82) is 0 Å². The fraction of sp³-hybridized carbons (Fsp3) is 0.625. The largest absolute Gasteiger partial charge is 0.396 e. The average Bonchev–Trinajstić information content (AvgIpc) is 2.47. The maximum absolute atomic E-state index is 13.5. The summed E-state index contributed by atoms with van der Waals surface area (Å²) in [6.07, 6.45) is 2.97. The summed E-state index contributed by atoms with van der Waals surface area (Å²) in [6, 6.07) is 6.76.